The van der Waals surface area contributed by atoms with Gasteiger partial charge >= 0.3 is 0 Å². The third-order valence-corrected chi connectivity index (χ3v) is 2.85. The first-order valence-electron chi connectivity index (χ1n) is 5.90. The zero-order valence-electron chi connectivity index (χ0n) is 11.2. The van der Waals surface area contributed by atoms with Crippen LogP contribution in [0, 0.1) is 6.92 Å². The van der Waals surface area contributed by atoms with E-state index in [4.69, 9.17) is 10.9 Å². The van der Waals surface area contributed by atoms with Gasteiger partial charge in [-0.15, -0.1) is 0 Å². The number of carbonyl (C=O) groups is 1. The predicted octanol–water partition coefficient (Wildman–Crippen LogP) is 1.08. The van der Waals surface area contributed by atoms with Crippen molar-refractivity contribution in [2.24, 2.45) is 17.9 Å². The summed E-state index contributed by atoms with van der Waals surface area (Å²) in [6.07, 6.45) is 3.07. The molecule has 0 aliphatic heterocycles. The molecule has 0 saturated carbocycles. The number of hydrogen-bond donors (Lipinski definition) is 3. The van der Waals surface area contributed by atoms with Crippen molar-refractivity contribution in [3.8, 4) is 0 Å². The third-order valence-electron chi connectivity index (χ3n) is 2.85. The molecule has 0 aliphatic carbocycles. The first-order valence-corrected chi connectivity index (χ1v) is 5.90. The summed E-state index contributed by atoms with van der Waals surface area (Å²) in [6.45, 7) is 1.81. The Morgan fingerprint density at radius 2 is 2.25 bits per heavy atom. The van der Waals surface area contributed by atoms with Gasteiger partial charge in [0.15, 0.2) is 5.84 Å². The average molecular weight is 273 g/mol. The second-order valence-corrected chi connectivity index (χ2v) is 4.34. The van der Waals surface area contributed by atoms with E-state index in [1.54, 1.807) is 25.4 Å². The molecule has 0 spiro atoms. The van der Waals surface area contributed by atoms with Gasteiger partial charge in [-0.3, -0.25) is 9.48 Å². The average Bonchev–Trinajstić information content (AvgIpc) is 2.85. The molecule has 1 aromatic carbocycles. The lowest BCUT2D eigenvalue weighted by molar-refractivity contribution is 0.102. The lowest BCUT2D eigenvalue weighted by atomic mass is 10.1. The van der Waals surface area contributed by atoms with Gasteiger partial charge in [-0.05, 0) is 18.6 Å². The van der Waals surface area contributed by atoms with Crippen LogP contribution in [0.25, 0.3) is 0 Å². The Balaban J connectivity index is 2.34. The molecular formula is C13H15N5O2. The number of oxime groups is 1. The molecule has 0 atom stereocenters. The Hall–Kier alpha value is -2.83. The SMILES string of the molecule is Cc1cccc(NC(=O)c2cnn(C)c2)c1/C(N)=N/O. The van der Waals surface area contributed by atoms with Crippen molar-refractivity contribution in [3.63, 3.8) is 0 Å². The largest absolute Gasteiger partial charge is 0.409 e. The zero-order chi connectivity index (χ0) is 14.7. The molecule has 7 nitrogen and oxygen atoms in total. The summed E-state index contributed by atoms with van der Waals surface area (Å²) < 4.78 is 1.54. The lowest BCUT2D eigenvalue weighted by Gasteiger charge is -2.11. The summed E-state index contributed by atoms with van der Waals surface area (Å²) in [5, 5.41) is 18.5. The molecule has 20 heavy (non-hydrogen) atoms. The van der Waals surface area contributed by atoms with Gasteiger partial charge in [0.25, 0.3) is 5.91 Å². The van der Waals surface area contributed by atoms with Crippen LogP contribution in [-0.4, -0.2) is 26.7 Å². The number of aromatic nitrogens is 2. The van der Waals surface area contributed by atoms with Gasteiger partial charge in [0.1, 0.15) is 0 Å². The fourth-order valence-corrected chi connectivity index (χ4v) is 1.89. The predicted molar refractivity (Wildman–Crippen MR) is 74.9 cm³/mol. The van der Waals surface area contributed by atoms with Gasteiger partial charge in [-0.1, -0.05) is 17.3 Å². The molecule has 2 rings (SSSR count). The Morgan fingerprint density at radius 3 is 2.85 bits per heavy atom. The number of nitrogens with one attached hydrogen (secondary N) is 1. The van der Waals surface area contributed by atoms with Crippen LogP contribution >= 0.6 is 0 Å². The summed E-state index contributed by atoms with van der Waals surface area (Å²) in [5.74, 6) is -0.361. The number of nitrogens with two attached hydrogens (primary N) is 1. The third kappa shape index (κ3) is 2.61. The number of amidine groups is 1. The van der Waals surface area contributed by atoms with E-state index in [1.807, 2.05) is 13.0 Å². The molecule has 1 amide bonds. The highest BCUT2D eigenvalue weighted by Gasteiger charge is 2.14. The van der Waals surface area contributed by atoms with E-state index in [1.165, 1.54) is 10.9 Å². The molecule has 1 aromatic heterocycles. The van der Waals surface area contributed by atoms with Crippen molar-refractivity contribution in [3.05, 3.63) is 47.3 Å². The molecule has 0 bridgehead atoms. The van der Waals surface area contributed by atoms with E-state index in [0.717, 1.165) is 5.56 Å². The van der Waals surface area contributed by atoms with E-state index in [-0.39, 0.29) is 11.7 Å². The van der Waals surface area contributed by atoms with Crippen LogP contribution in [0.15, 0.2) is 35.7 Å². The zero-order valence-corrected chi connectivity index (χ0v) is 11.2. The molecule has 2 aromatic rings. The van der Waals surface area contributed by atoms with E-state index >= 15 is 0 Å². The van der Waals surface area contributed by atoms with Gasteiger partial charge in [-0.25, -0.2) is 0 Å². The van der Waals surface area contributed by atoms with Crippen molar-refractivity contribution < 1.29 is 10.0 Å². The van der Waals surface area contributed by atoms with Gasteiger partial charge in [0.2, 0.25) is 0 Å². The summed E-state index contributed by atoms with van der Waals surface area (Å²) in [4.78, 5) is 12.1. The highest BCUT2D eigenvalue weighted by atomic mass is 16.4. The molecule has 0 aliphatic rings. The van der Waals surface area contributed by atoms with Gasteiger partial charge in [0, 0.05) is 18.8 Å². The molecule has 0 fully saturated rings. The van der Waals surface area contributed by atoms with Crippen molar-refractivity contribution in [1.29, 1.82) is 0 Å². The number of benzene rings is 1. The quantitative estimate of drug-likeness (QED) is 0.336. The topological polar surface area (TPSA) is 106 Å². The number of amides is 1. The van der Waals surface area contributed by atoms with Gasteiger partial charge in [0.05, 0.1) is 17.4 Å². The molecule has 1 heterocycles. The van der Waals surface area contributed by atoms with Crippen LogP contribution in [0.3, 0.4) is 0 Å². The highest BCUT2D eigenvalue weighted by Crippen LogP contribution is 2.20. The van der Waals surface area contributed by atoms with Crippen LogP contribution in [-0.2, 0) is 7.05 Å². The summed E-state index contributed by atoms with van der Waals surface area (Å²) in [6, 6.07) is 5.28. The summed E-state index contributed by atoms with van der Waals surface area (Å²) in [7, 11) is 1.73. The van der Waals surface area contributed by atoms with Crippen LogP contribution in [0.1, 0.15) is 21.5 Å². The maximum absolute atomic E-state index is 12.1. The molecule has 4 N–H and O–H groups in total. The molecule has 7 heteroatoms. The fourth-order valence-electron chi connectivity index (χ4n) is 1.89. The van der Waals surface area contributed by atoms with Gasteiger partial charge < -0.3 is 16.3 Å². The molecular weight excluding hydrogens is 258 g/mol. The maximum atomic E-state index is 12.1. The Bertz CT molecular complexity index is 675. The highest BCUT2D eigenvalue weighted by molar-refractivity contribution is 6.10. The van der Waals surface area contributed by atoms with Crippen LogP contribution < -0.4 is 11.1 Å². The first kappa shape index (κ1) is 13.6. The van der Waals surface area contributed by atoms with Crippen LogP contribution in [0.2, 0.25) is 0 Å². The van der Waals surface area contributed by atoms with E-state index in [9.17, 15) is 4.79 Å². The number of nitrogens with zero attached hydrogens (tertiary/aromatic N) is 3. The standard InChI is InChI=1S/C13H15N5O2/c1-8-4-3-5-10(11(8)12(14)17-20)16-13(19)9-6-15-18(2)7-9/h3-7,20H,1-2H3,(H2,14,17)(H,16,19). The number of rotatable bonds is 3. The second-order valence-electron chi connectivity index (χ2n) is 4.34. The lowest BCUT2D eigenvalue weighted by Crippen LogP contribution is -2.20. The molecule has 104 valence electrons. The number of aryl methyl sites for hydroxylation is 2. The number of anilines is 1. The monoisotopic (exact) mass is 273 g/mol. The first-order chi connectivity index (χ1) is 9.52. The summed E-state index contributed by atoms with van der Waals surface area (Å²) in [5.41, 5.74) is 7.85. The maximum Gasteiger partial charge on any atom is 0.258 e. The molecule has 0 saturated heterocycles. The van der Waals surface area contributed by atoms with Crippen LogP contribution in [0.5, 0.6) is 0 Å². The van der Waals surface area contributed by atoms with E-state index < -0.39 is 0 Å². The Morgan fingerprint density at radius 1 is 1.50 bits per heavy atom. The molecule has 0 unspecified atom stereocenters. The summed E-state index contributed by atoms with van der Waals surface area (Å²) >= 11 is 0. The second kappa shape index (κ2) is 5.43. The Kier molecular flexibility index (Phi) is 3.69. The van der Waals surface area contributed by atoms with Gasteiger partial charge in [-0.2, -0.15) is 5.10 Å². The molecule has 0 radical (unpaired) electrons. The van der Waals surface area contributed by atoms with E-state index in [0.29, 0.717) is 16.8 Å². The van der Waals surface area contributed by atoms with Crippen molar-refractivity contribution in [2.45, 2.75) is 6.92 Å². The fraction of sp³-hybridized carbons (Fsp3) is 0.154. The van der Waals surface area contributed by atoms with E-state index in [2.05, 4.69) is 15.6 Å². The minimum absolute atomic E-state index is 0.0513. The smallest absolute Gasteiger partial charge is 0.258 e. The van der Waals surface area contributed by atoms with Crippen molar-refractivity contribution in [1.82, 2.24) is 9.78 Å². The minimum atomic E-state index is -0.310. The van der Waals surface area contributed by atoms with Crippen molar-refractivity contribution >= 4 is 17.4 Å². The number of carbonyl (C=O) groups excluding carboxylic acids is 1. The normalized spacial score (nSPS) is 11.4. The minimum Gasteiger partial charge on any atom is -0.409 e. The van der Waals surface area contributed by atoms with Crippen LogP contribution in [0.4, 0.5) is 5.69 Å². The van der Waals surface area contributed by atoms with Crippen molar-refractivity contribution in [2.75, 3.05) is 5.32 Å². The Labute approximate surface area is 115 Å². The number of hydrogen-bond acceptors (Lipinski definition) is 4.